The summed E-state index contributed by atoms with van der Waals surface area (Å²) in [6, 6.07) is 5.61. The summed E-state index contributed by atoms with van der Waals surface area (Å²) >= 11 is 5.20. The lowest BCUT2D eigenvalue weighted by Gasteiger charge is -2.29. The summed E-state index contributed by atoms with van der Waals surface area (Å²) in [5.41, 5.74) is 1.90. The molecule has 1 unspecified atom stereocenters. The number of carbonyl (C=O) groups is 2. The number of halogens is 1. The zero-order valence-corrected chi connectivity index (χ0v) is 19.8. The van der Waals surface area contributed by atoms with E-state index in [0.717, 1.165) is 10.9 Å². The highest BCUT2D eigenvalue weighted by Crippen LogP contribution is 2.34. The van der Waals surface area contributed by atoms with Gasteiger partial charge in [0.15, 0.2) is 17.6 Å². The molecule has 0 aliphatic carbocycles. The van der Waals surface area contributed by atoms with Crippen LogP contribution in [0.4, 0.5) is 0 Å². The predicted molar refractivity (Wildman–Crippen MR) is 119 cm³/mol. The maximum absolute atomic E-state index is 12.7. The van der Waals surface area contributed by atoms with Gasteiger partial charge in [0.2, 0.25) is 0 Å². The van der Waals surface area contributed by atoms with E-state index in [-0.39, 0.29) is 12.3 Å². The first kappa shape index (κ1) is 22.6. The highest BCUT2D eigenvalue weighted by atomic mass is 79.9. The first-order valence-electron chi connectivity index (χ1n) is 10.0. The molecule has 0 bridgehead atoms. The number of nitrogens with zero attached hydrogens (tertiary/aromatic N) is 1. The molecule has 2 aromatic rings. The molecule has 0 saturated carbocycles. The lowest BCUT2D eigenvalue weighted by Crippen LogP contribution is -2.42. The summed E-state index contributed by atoms with van der Waals surface area (Å²) in [7, 11) is 0. The van der Waals surface area contributed by atoms with Crippen molar-refractivity contribution in [3.63, 3.8) is 0 Å². The fraction of sp³-hybridized carbons (Fsp3) is 0.455. The minimum atomic E-state index is -0.828. The van der Waals surface area contributed by atoms with E-state index in [0.29, 0.717) is 43.4 Å². The molecule has 2 heterocycles. The average Bonchev–Trinajstić information content (AvgIpc) is 3.18. The molecular weight excluding hydrogens is 470 g/mol. The van der Waals surface area contributed by atoms with Gasteiger partial charge in [0.05, 0.1) is 19.6 Å². The highest BCUT2D eigenvalue weighted by molar-refractivity contribution is 9.10. The van der Waals surface area contributed by atoms with Gasteiger partial charge in [-0.3, -0.25) is 9.59 Å². The van der Waals surface area contributed by atoms with E-state index in [1.54, 1.807) is 35.3 Å². The first-order chi connectivity index (χ1) is 14.4. The van der Waals surface area contributed by atoms with Crippen molar-refractivity contribution in [2.75, 3.05) is 19.8 Å². The van der Waals surface area contributed by atoms with Crippen molar-refractivity contribution in [3.8, 4) is 11.5 Å². The smallest absolute Gasteiger partial charge is 0.311 e. The maximum atomic E-state index is 12.7. The Balaban J connectivity index is 1.62. The second-order valence-electron chi connectivity index (χ2n) is 6.94. The summed E-state index contributed by atoms with van der Waals surface area (Å²) < 4.78 is 17.4. The number of esters is 1. The quantitative estimate of drug-likeness (QED) is 0.508. The fourth-order valence-corrected chi connectivity index (χ4v) is 4.74. The van der Waals surface area contributed by atoms with Crippen LogP contribution in [0.1, 0.15) is 36.8 Å². The molecule has 162 valence electrons. The van der Waals surface area contributed by atoms with Crippen molar-refractivity contribution < 1.29 is 23.8 Å². The first-order valence-corrected chi connectivity index (χ1v) is 11.7. The Labute approximate surface area is 189 Å². The molecule has 0 saturated heterocycles. The minimum absolute atomic E-state index is 0.0271. The van der Waals surface area contributed by atoms with Crippen molar-refractivity contribution in [2.45, 2.75) is 46.3 Å². The number of ether oxygens (including phenoxy) is 3. The van der Waals surface area contributed by atoms with Crippen LogP contribution in [0, 0.1) is 0 Å². The van der Waals surface area contributed by atoms with Crippen LogP contribution in [0.2, 0.25) is 0 Å². The molecule has 0 fully saturated rings. The molecule has 1 aliphatic heterocycles. The van der Waals surface area contributed by atoms with Crippen molar-refractivity contribution >= 4 is 39.1 Å². The van der Waals surface area contributed by atoms with Gasteiger partial charge in [0.1, 0.15) is 0 Å². The Bertz CT molecular complexity index is 913. The summed E-state index contributed by atoms with van der Waals surface area (Å²) in [6.45, 7) is 7.63. The van der Waals surface area contributed by atoms with Gasteiger partial charge in [0.25, 0.3) is 5.91 Å². The number of benzene rings is 1. The zero-order chi connectivity index (χ0) is 21.7. The fourth-order valence-electron chi connectivity index (χ4n) is 3.39. The Morgan fingerprint density at radius 3 is 2.60 bits per heavy atom. The van der Waals surface area contributed by atoms with E-state index in [1.165, 1.54) is 10.4 Å². The lowest BCUT2D eigenvalue weighted by atomic mass is 10.1. The van der Waals surface area contributed by atoms with Gasteiger partial charge in [-0.25, -0.2) is 0 Å². The summed E-state index contributed by atoms with van der Waals surface area (Å²) in [5, 5.41) is 2.05. The topological polar surface area (TPSA) is 65.1 Å². The molecule has 3 rings (SSSR count). The Morgan fingerprint density at radius 2 is 1.90 bits per heavy atom. The molecule has 0 radical (unpaired) electrons. The molecule has 1 aromatic carbocycles. The predicted octanol–water partition coefficient (Wildman–Crippen LogP) is 4.37. The molecule has 1 aliphatic rings. The SMILES string of the molecule is CCOc1cc(Br)c(CC(=O)OC(C)C(=O)N2CCc3sccc3C2)cc1OCC. The summed E-state index contributed by atoms with van der Waals surface area (Å²) in [6.07, 6.45) is 0.0449. The van der Waals surface area contributed by atoms with E-state index in [1.807, 2.05) is 19.2 Å². The molecule has 0 N–H and O–H groups in total. The van der Waals surface area contributed by atoms with E-state index < -0.39 is 12.1 Å². The lowest BCUT2D eigenvalue weighted by molar-refractivity contribution is -0.159. The number of rotatable bonds is 8. The van der Waals surface area contributed by atoms with Crippen molar-refractivity contribution in [3.05, 3.63) is 44.1 Å². The number of amides is 1. The van der Waals surface area contributed by atoms with Crippen LogP contribution in [-0.2, 0) is 33.7 Å². The minimum Gasteiger partial charge on any atom is -0.490 e. The van der Waals surface area contributed by atoms with Gasteiger partial charge >= 0.3 is 5.97 Å². The molecule has 0 spiro atoms. The van der Waals surface area contributed by atoms with Crippen LogP contribution in [0.15, 0.2) is 28.1 Å². The Hall–Kier alpha value is -2.06. The largest absolute Gasteiger partial charge is 0.490 e. The maximum Gasteiger partial charge on any atom is 0.311 e. The van der Waals surface area contributed by atoms with Gasteiger partial charge < -0.3 is 19.1 Å². The van der Waals surface area contributed by atoms with Crippen LogP contribution in [0.5, 0.6) is 11.5 Å². The number of carbonyl (C=O) groups excluding carboxylic acids is 2. The van der Waals surface area contributed by atoms with Crippen LogP contribution in [-0.4, -0.2) is 42.6 Å². The molecule has 1 atom stereocenters. The van der Waals surface area contributed by atoms with Gasteiger partial charge in [-0.05, 0) is 61.9 Å². The van der Waals surface area contributed by atoms with Crippen LogP contribution in [0.25, 0.3) is 0 Å². The zero-order valence-electron chi connectivity index (χ0n) is 17.4. The third kappa shape index (κ3) is 5.35. The summed E-state index contributed by atoms with van der Waals surface area (Å²) in [4.78, 5) is 28.3. The third-order valence-electron chi connectivity index (χ3n) is 4.82. The average molecular weight is 496 g/mol. The van der Waals surface area contributed by atoms with Gasteiger partial charge in [0, 0.05) is 22.4 Å². The van der Waals surface area contributed by atoms with Crippen molar-refractivity contribution in [2.24, 2.45) is 0 Å². The van der Waals surface area contributed by atoms with E-state index >= 15 is 0 Å². The Morgan fingerprint density at radius 1 is 1.20 bits per heavy atom. The molecule has 8 heteroatoms. The van der Waals surface area contributed by atoms with E-state index in [9.17, 15) is 9.59 Å². The molecule has 1 amide bonds. The number of fused-ring (bicyclic) bond motifs is 1. The van der Waals surface area contributed by atoms with Gasteiger partial charge in [-0.15, -0.1) is 11.3 Å². The van der Waals surface area contributed by atoms with Crippen molar-refractivity contribution in [1.82, 2.24) is 4.90 Å². The molecule has 30 heavy (non-hydrogen) atoms. The Kier molecular flexibility index (Phi) is 7.77. The van der Waals surface area contributed by atoms with Gasteiger partial charge in [-0.2, -0.15) is 0 Å². The van der Waals surface area contributed by atoms with Gasteiger partial charge in [-0.1, -0.05) is 15.9 Å². The highest BCUT2D eigenvalue weighted by Gasteiger charge is 2.27. The molecule has 1 aromatic heterocycles. The van der Waals surface area contributed by atoms with Crippen LogP contribution in [0.3, 0.4) is 0 Å². The standard InChI is InChI=1S/C22H26BrNO5S/c1-4-27-18-10-16(17(23)12-19(18)28-5-2)11-21(25)29-14(3)22(26)24-8-6-20-15(13-24)7-9-30-20/h7,9-10,12,14H,4-6,8,11,13H2,1-3H3. The second-order valence-corrected chi connectivity index (χ2v) is 8.80. The van der Waals surface area contributed by atoms with E-state index in [2.05, 4.69) is 22.0 Å². The second kappa shape index (κ2) is 10.3. The van der Waals surface area contributed by atoms with Crippen molar-refractivity contribution in [1.29, 1.82) is 0 Å². The molecular formula is C22H26BrNO5S. The number of hydrogen-bond donors (Lipinski definition) is 0. The monoisotopic (exact) mass is 495 g/mol. The third-order valence-corrected chi connectivity index (χ3v) is 6.58. The number of thiophene rings is 1. The molecule has 6 nitrogen and oxygen atoms in total. The van der Waals surface area contributed by atoms with E-state index in [4.69, 9.17) is 14.2 Å². The number of hydrogen-bond acceptors (Lipinski definition) is 6. The normalized spacial score (nSPS) is 14.1. The summed E-state index contributed by atoms with van der Waals surface area (Å²) in [5.74, 6) is 0.566. The van der Waals surface area contributed by atoms with Crippen LogP contribution >= 0.6 is 27.3 Å². The van der Waals surface area contributed by atoms with Crippen LogP contribution < -0.4 is 9.47 Å².